The molecule has 1 aliphatic rings. The maximum atomic E-state index is 3.57. The number of nitrogens with one attached hydrogen (secondary N) is 1. The van der Waals surface area contributed by atoms with Gasteiger partial charge in [0.25, 0.3) is 0 Å². The third-order valence-corrected chi connectivity index (χ3v) is 4.86. The van der Waals surface area contributed by atoms with E-state index in [1.807, 2.05) is 0 Å². The Morgan fingerprint density at radius 2 is 1.95 bits per heavy atom. The molecule has 1 N–H and O–H groups in total. The quantitative estimate of drug-likeness (QED) is 0.901. The van der Waals surface area contributed by atoms with E-state index in [-0.39, 0.29) is 0 Å². The van der Waals surface area contributed by atoms with Crippen molar-refractivity contribution < 1.29 is 0 Å². The second kappa shape index (κ2) is 6.76. The minimum absolute atomic E-state index is 0.745. The summed E-state index contributed by atoms with van der Waals surface area (Å²) in [5.74, 6) is 0.841. The van der Waals surface area contributed by atoms with Gasteiger partial charge in [-0.15, -0.1) is 0 Å². The van der Waals surface area contributed by atoms with Gasteiger partial charge in [-0.25, -0.2) is 0 Å². The van der Waals surface area contributed by atoms with Crippen molar-refractivity contribution in [2.45, 2.75) is 38.6 Å². The summed E-state index contributed by atoms with van der Waals surface area (Å²) in [5.41, 5.74) is 2.71. The largest absolute Gasteiger partial charge is 0.374 e. The van der Waals surface area contributed by atoms with Crippen LogP contribution in [-0.2, 0) is 0 Å². The van der Waals surface area contributed by atoms with Crippen molar-refractivity contribution in [2.24, 2.45) is 5.92 Å². The Morgan fingerprint density at radius 1 is 1.26 bits per heavy atom. The zero-order valence-corrected chi connectivity index (χ0v) is 13.8. The average molecular weight is 325 g/mol. The molecule has 1 aromatic carbocycles. The van der Waals surface area contributed by atoms with E-state index in [9.17, 15) is 0 Å². The molecule has 1 saturated carbocycles. The molecule has 2 nitrogen and oxygen atoms in total. The summed E-state index contributed by atoms with van der Waals surface area (Å²) >= 11 is 3.57. The first-order valence-electron chi connectivity index (χ1n) is 7.24. The third kappa shape index (κ3) is 3.96. The highest BCUT2D eigenvalue weighted by molar-refractivity contribution is 9.10. The lowest BCUT2D eigenvalue weighted by atomic mass is 9.85. The minimum Gasteiger partial charge on any atom is -0.374 e. The van der Waals surface area contributed by atoms with Crippen LogP contribution in [0.25, 0.3) is 0 Å². The van der Waals surface area contributed by atoms with Crippen LogP contribution >= 0.6 is 15.9 Å². The summed E-state index contributed by atoms with van der Waals surface area (Å²) in [7, 11) is 4.31. The fourth-order valence-electron chi connectivity index (χ4n) is 3.11. The molecule has 0 radical (unpaired) electrons. The molecule has 0 heterocycles. The SMILES string of the molecule is CNC1CCC(CN(C)c2cc(Br)ccc2C)CC1. The topological polar surface area (TPSA) is 15.3 Å². The van der Waals surface area contributed by atoms with Gasteiger partial charge in [-0.3, -0.25) is 0 Å². The molecule has 1 aliphatic carbocycles. The fourth-order valence-corrected chi connectivity index (χ4v) is 3.46. The standard InChI is InChI=1S/C16H25BrN2/c1-12-4-7-14(17)10-16(12)19(3)11-13-5-8-15(18-2)9-6-13/h4,7,10,13,15,18H,5-6,8-9,11H2,1-3H3. The van der Waals surface area contributed by atoms with Crippen LogP contribution in [0, 0.1) is 12.8 Å². The molecule has 0 unspecified atom stereocenters. The van der Waals surface area contributed by atoms with Crippen molar-refractivity contribution in [3.63, 3.8) is 0 Å². The van der Waals surface area contributed by atoms with Gasteiger partial charge in [0.15, 0.2) is 0 Å². The number of nitrogens with zero attached hydrogens (tertiary/aromatic N) is 1. The molecule has 2 rings (SSSR count). The van der Waals surface area contributed by atoms with Crippen LogP contribution in [0.5, 0.6) is 0 Å². The van der Waals surface area contributed by atoms with E-state index in [0.29, 0.717) is 0 Å². The predicted molar refractivity (Wildman–Crippen MR) is 87.0 cm³/mol. The highest BCUT2D eigenvalue weighted by Crippen LogP contribution is 2.28. The Hall–Kier alpha value is -0.540. The number of hydrogen-bond donors (Lipinski definition) is 1. The van der Waals surface area contributed by atoms with Crippen LogP contribution < -0.4 is 10.2 Å². The van der Waals surface area contributed by atoms with Gasteiger partial charge in [-0.1, -0.05) is 22.0 Å². The number of anilines is 1. The van der Waals surface area contributed by atoms with Crippen molar-refractivity contribution in [3.8, 4) is 0 Å². The van der Waals surface area contributed by atoms with Crippen LogP contribution in [0.15, 0.2) is 22.7 Å². The van der Waals surface area contributed by atoms with Gasteiger partial charge in [-0.2, -0.15) is 0 Å². The van der Waals surface area contributed by atoms with E-state index < -0.39 is 0 Å². The zero-order valence-electron chi connectivity index (χ0n) is 12.2. The van der Waals surface area contributed by atoms with Crippen molar-refractivity contribution in [1.29, 1.82) is 0 Å². The number of benzene rings is 1. The van der Waals surface area contributed by atoms with Gasteiger partial charge in [0, 0.05) is 29.8 Å². The van der Waals surface area contributed by atoms with Gasteiger partial charge in [0.2, 0.25) is 0 Å². The Kier molecular flexibility index (Phi) is 5.28. The lowest BCUT2D eigenvalue weighted by molar-refractivity contribution is 0.305. The number of aryl methyl sites for hydroxylation is 1. The van der Waals surface area contributed by atoms with Crippen LogP contribution in [0.4, 0.5) is 5.69 Å². The van der Waals surface area contributed by atoms with Gasteiger partial charge in [0.05, 0.1) is 0 Å². The van der Waals surface area contributed by atoms with E-state index >= 15 is 0 Å². The molecule has 0 aromatic heterocycles. The van der Waals surface area contributed by atoms with Gasteiger partial charge < -0.3 is 10.2 Å². The van der Waals surface area contributed by atoms with Crippen molar-refractivity contribution in [2.75, 3.05) is 25.5 Å². The summed E-state index contributed by atoms with van der Waals surface area (Å²) in [5, 5.41) is 3.41. The second-order valence-electron chi connectivity index (χ2n) is 5.82. The lowest BCUT2D eigenvalue weighted by Gasteiger charge is -2.32. The van der Waals surface area contributed by atoms with Crippen LogP contribution in [0.3, 0.4) is 0 Å². The molecule has 0 atom stereocenters. The van der Waals surface area contributed by atoms with Gasteiger partial charge in [-0.05, 0) is 63.3 Å². The first-order valence-corrected chi connectivity index (χ1v) is 8.04. The van der Waals surface area contributed by atoms with Crippen molar-refractivity contribution in [1.82, 2.24) is 5.32 Å². The van der Waals surface area contributed by atoms with Gasteiger partial charge >= 0.3 is 0 Å². The Morgan fingerprint density at radius 3 is 2.58 bits per heavy atom. The molecule has 3 heteroatoms. The number of rotatable bonds is 4. The monoisotopic (exact) mass is 324 g/mol. The van der Waals surface area contributed by atoms with E-state index in [2.05, 4.69) is 65.4 Å². The summed E-state index contributed by atoms with van der Waals surface area (Å²) in [4.78, 5) is 2.42. The summed E-state index contributed by atoms with van der Waals surface area (Å²) in [6, 6.07) is 7.28. The molecule has 1 fully saturated rings. The first-order chi connectivity index (χ1) is 9.10. The molecule has 0 amide bonds. The Labute approximate surface area is 125 Å². The molecule has 19 heavy (non-hydrogen) atoms. The molecule has 106 valence electrons. The zero-order chi connectivity index (χ0) is 13.8. The summed E-state index contributed by atoms with van der Waals surface area (Å²) < 4.78 is 1.17. The van der Waals surface area contributed by atoms with E-state index in [0.717, 1.165) is 12.0 Å². The Balaban J connectivity index is 1.94. The van der Waals surface area contributed by atoms with E-state index in [1.54, 1.807) is 0 Å². The highest BCUT2D eigenvalue weighted by atomic mass is 79.9. The molecule has 0 aliphatic heterocycles. The molecule has 0 bridgehead atoms. The smallest absolute Gasteiger partial charge is 0.0404 e. The van der Waals surface area contributed by atoms with E-state index in [1.165, 1.54) is 48.0 Å². The molecule has 1 aromatic rings. The maximum Gasteiger partial charge on any atom is 0.0404 e. The minimum atomic E-state index is 0.745. The fraction of sp³-hybridized carbons (Fsp3) is 0.625. The van der Waals surface area contributed by atoms with Crippen molar-refractivity contribution >= 4 is 21.6 Å². The molecule has 0 saturated heterocycles. The van der Waals surface area contributed by atoms with Crippen LogP contribution in [-0.4, -0.2) is 26.7 Å². The summed E-state index contributed by atoms with van der Waals surface area (Å²) in [6.45, 7) is 3.36. The average Bonchev–Trinajstić information content (AvgIpc) is 2.42. The van der Waals surface area contributed by atoms with Crippen molar-refractivity contribution in [3.05, 3.63) is 28.2 Å². The number of hydrogen-bond acceptors (Lipinski definition) is 2. The lowest BCUT2D eigenvalue weighted by Crippen LogP contribution is -2.34. The molecule has 0 spiro atoms. The number of halogens is 1. The van der Waals surface area contributed by atoms with E-state index in [4.69, 9.17) is 0 Å². The highest BCUT2D eigenvalue weighted by Gasteiger charge is 2.21. The Bertz CT molecular complexity index is 411. The normalized spacial score (nSPS) is 23.4. The third-order valence-electron chi connectivity index (χ3n) is 4.37. The van der Waals surface area contributed by atoms with Crippen LogP contribution in [0.1, 0.15) is 31.2 Å². The predicted octanol–water partition coefficient (Wildman–Crippen LogP) is 3.97. The van der Waals surface area contributed by atoms with Crippen LogP contribution in [0.2, 0.25) is 0 Å². The first kappa shape index (κ1) is 14.9. The van der Waals surface area contributed by atoms with Gasteiger partial charge in [0.1, 0.15) is 0 Å². The maximum absolute atomic E-state index is 3.57. The second-order valence-corrected chi connectivity index (χ2v) is 6.73. The molecular weight excluding hydrogens is 300 g/mol. The molecular formula is C16H25BrN2. The summed E-state index contributed by atoms with van der Waals surface area (Å²) in [6.07, 6.45) is 5.35.